The monoisotopic (exact) mass is 514 g/mol. The van der Waals surface area contributed by atoms with Gasteiger partial charge in [0.25, 0.3) is 0 Å². The molecule has 0 spiro atoms. The highest BCUT2D eigenvalue weighted by molar-refractivity contribution is 5.71. The van der Waals surface area contributed by atoms with Crippen LogP contribution in [-0.4, -0.2) is 40.8 Å². The van der Waals surface area contributed by atoms with Crippen LogP contribution in [0.5, 0.6) is 0 Å². The van der Waals surface area contributed by atoms with Gasteiger partial charge >= 0.3 is 5.97 Å². The largest absolute Gasteiger partial charge is 0.460 e. The molecule has 2 saturated carbocycles. The Hall–Kier alpha value is -1.69. The third-order valence-electron chi connectivity index (χ3n) is 8.67. The van der Waals surface area contributed by atoms with Crippen LogP contribution >= 0.6 is 0 Å². The van der Waals surface area contributed by atoms with E-state index in [4.69, 9.17) is 9.47 Å². The van der Waals surface area contributed by atoms with E-state index in [0.717, 1.165) is 24.8 Å². The van der Waals surface area contributed by atoms with Crippen LogP contribution in [0.3, 0.4) is 0 Å². The molecule has 0 saturated heterocycles. The summed E-state index contributed by atoms with van der Waals surface area (Å²) in [6, 6.07) is 0. The second-order valence-corrected chi connectivity index (χ2v) is 13.8. The molecular formula is C32H50O5. The molecule has 3 rings (SSSR count). The molecule has 0 heterocycles. The number of hydrogen-bond donors (Lipinski definition) is 2. The quantitative estimate of drug-likeness (QED) is 0.231. The Kier molecular flexibility index (Phi) is 8.73. The predicted octanol–water partition coefficient (Wildman–Crippen LogP) is 6.81. The van der Waals surface area contributed by atoms with Gasteiger partial charge in [-0.3, -0.25) is 0 Å². The number of ether oxygens (including phenoxy) is 2. The van der Waals surface area contributed by atoms with Gasteiger partial charge in [0.2, 0.25) is 0 Å². The van der Waals surface area contributed by atoms with Crippen LogP contribution in [0.1, 0.15) is 100 Å². The molecule has 2 fully saturated rings. The zero-order valence-corrected chi connectivity index (χ0v) is 24.4. The SMILES string of the molecule is C=C1C(=CC=C2CCC[C@]3(C)C(CC)=CC[C@@H]23)C[C@](O)(OCC(=O)OC(C(C)(C)C)C(C)(C)C)C[C@@H]1O. The Balaban J connectivity index is 1.71. The van der Waals surface area contributed by atoms with Crippen molar-refractivity contribution in [3.05, 3.63) is 47.1 Å². The molecule has 0 bridgehead atoms. The smallest absolute Gasteiger partial charge is 0.332 e. The Morgan fingerprint density at radius 2 is 1.86 bits per heavy atom. The highest BCUT2D eigenvalue weighted by atomic mass is 16.6. The van der Waals surface area contributed by atoms with Gasteiger partial charge in [0.1, 0.15) is 12.7 Å². The zero-order valence-electron chi connectivity index (χ0n) is 24.4. The Bertz CT molecular complexity index is 958. The number of carbonyl (C=O) groups excluding carboxylic acids is 1. The van der Waals surface area contributed by atoms with Gasteiger partial charge in [-0.1, -0.05) is 91.3 Å². The number of esters is 1. The summed E-state index contributed by atoms with van der Waals surface area (Å²) >= 11 is 0. The Labute approximate surface area is 224 Å². The van der Waals surface area contributed by atoms with Crippen molar-refractivity contribution in [1.82, 2.24) is 0 Å². The van der Waals surface area contributed by atoms with Crippen molar-refractivity contribution in [2.45, 2.75) is 118 Å². The summed E-state index contributed by atoms with van der Waals surface area (Å²) in [6.45, 7) is 20.6. The Morgan fingerprint density at radius 3 is 2.46 bits per heavy atom. The molecule has 2 N–H and O–H groups in total. The summed E-state index contributed by atoms with van der Waals surface area (Å²) < 4.78 is 11.5. The van der Waals surface area contributed by atoms with Crippen LogP contribution in [0, 0.1) is 22.2 Å². The van der Waals surface area contributed by atoms with Crippen LogP contribution < -0.4 is 0 Å². The first kappa shape index (κ1) is 29.9. The van der Waals surface area contributed by atoms with Crippen LogP contribution in [0.2, 0.25) is 0 Å². The summed E-state index contributed by atoms with van der Waals surface area (Å²) in [5.74, 6) is -1.66. The van der Waals surface area contributed by atoms with Gasteiger partial charge in [0, 0.05) is 12.8 Å². The average molecular weight is 515 g/mol. The lowest BCUT2D eigenvalue weighted by Crippen LogP contribution is -2.45. The minimum absolute atomic E-state index is 0.0283. The van der Waals surface area contributed by atoms with Crippen molar-refractivity contribution in [2.24, 2.45) is 22.2 Å². The minimum Gasteiger partial charge on any atom is -0.460 e. The highest BCUT2D eigenvalue weighted by Crippen LogP contribution is 2.55. The molecule has 3 aliphatic carbocycles. The van der Waals surface area contributed by atoms with E-state index in [1.807, 2.05) is 47.6 Å². The second-order valence-electron chi connectivity index (χ2n) is 13.8. The fraction of sp³-hybridized carbons (Fsp3) is 0.719. The maximum Gasteiger partial charge on any atom is 0.332 e. The van der Waals surface area contributed by atoms with Gasteiger partial charge in [0.15, 0.2) is 5.79 Å². The van der Waals surface area contributed by atoms with Crippen molar-refractivity contribution in [2.75, 3.05) is 6.61 Å². The standard InChI is InChI=1S/C32H50O5/c1-10-24-15-16-25-22(12-11-17-31(24,25)9)13-14-23-18-32(35,19-26(33)21(23)2)36-20-27(34)37-28(29(3,4)5)30(6,7)8/h13-15,25-26,28,33,35H,2,10-12,16-20H2,1,3-9H3/t25-,26-,31+,32-/m0/s1. The molecule has 5 heteroatoms. The molecule has 37 heavy (non-hydrogen) atoms. The average Bonchev–Trinajstić information content (AvgIpc) is 3.12. The summed E-state index contributed by atoms with van der Waals surface area (Å²) in [5, 5.41) is 21.9. The molecule has 0 aromatic rings. The first-order chi connectivity index (χ1) is 17.0. The van der Waals surface area contributed by atoms with Crippen molar-refractivity contribution >= 4 is 5.97 Å². The molecule has 0 aliphatic heterocycles. The third kappa shape index (κ3) is 6.66. The molecule has 3 aliphatic rings. The van der Waals surface area contributed by atoms with E-state index >= 15 is 0 Å². The number of hydrogen-bond acceptors (Lipinski definition) is 5. The van der Waals surface area contributed by atoms with Crippen LogP contribution in [0.4, 0.5) is 0 Å². The topological polar surface area (TPSA) is 76.0 Å². The third-order valence-corrected chi connectivity index (χ3v) is 8.67. The van der Waals surface area contributed by atoms with Gasteiger partial charge in [-0.05, 0) is 65.4 Å². The summed E-state index contributed by atoms with van der Waals surface area (Å²) in [6.07, 6.45) is 11.1. The first-order valence-corrected chi connectivity index (χ1v) is 14.0. The van der Waals surface area contributed by atoms with Gasteiger partial charge < -0.3 is 19.7 Å². The van der Waals surface area contributed by atoms with Crippen molar-refractivity contribution in [1.29, 1.82) is 0 Å². The molecule has 0 amide bonds. The molecule has 208 valence electrons. The zero-order chi connectivity index (χ0) is 27.8. The molecule has 0 unspecified atom stereocenters. The van der Waals surface area contributed by atoms with Crippen LogP contribution in [-0.2, 0) is 14.3 Å². The number of rotatable bonds is 6. The van der Waals surface area contributed by atoms with Gasteiger partial charge in [-0.2, -0.15) is 0 Å². The number of aliphatic hydroxyl groups is 2. The summed E-state index contributed by atoms with van der Waals surface area (Å²) in [7, 11) is 0. The van der Waals surface area contributed by atoms with Crippen molar-refractivity contribution in [3.8, 4) is 0 Å². The van der Waals surface area contributed by atoms with E-state index in [0.29, 0.717) is 11.5 Å². The maximum atomic E-state index is 12.7. The normalized spacial score (nSPS) is 33.2. The predicted molar refractivity (Wildman–Crippen MR) is 149 cm³/mol. The fourth-order valence-electron chi connectivity index (χ4n) is 7.07. The van der Waals surface area contributed by atoms with Crippen LogP contribution in [0.25, 0.3) is 0 Å². The second kappa shape index (κ2) is 10.8. The van der Waals surface area contributed by atoms with E-state index < -0.39 is 17.9 Å². The summed E-state index contributed by atoms with van der Waals surface area (Å²) in [5.41, 5.74) is 4.12. The molecule has 0 aromatic heterocycles. The van der Waals surface area contributed by atoms with E-state index in [1.165, 1.54) is 18.4 Å². The highest BCUT2D eigenvalue weighted by Gasteiger charge is 2.44. The van der Waals surface area contributed by atoms with Gasteiger partial charge in [-0.15, -0.1) is 0 Å². The lowest BCUT2D eigenvalue weighted by molar-refractivity contribution is -0.229. The van der Waals surface area contributed by atoms with E-state index in [-0.39, 0.29) is 41.8 Å². The number of carbonyl (C=O) groups is 1. The number of aliphatic hydroxyl groups excluding tert-OH is 1. The lowest BCUT2D eigenvalue weighted by Gasteiger charge is -2.41. The van der Waals surface area contributed by atoms with E-state index in [1.54, 1.807) is 5.57 Å². The van der Waals surface area contributed by atoms with E-state index in [2.05, 4.69) is 32.6 Å². The molecule has 4 atom stereocenters. The maximum absolute atomic E-state index is 12.7. The van der Waals surface area contributed by atoms with Gasteiger partial charge in [-0.25, -0.2) is 4.79 Å². The number of allylic oxidation sites excluding steroid dienone is 5. The Morgan fingerprint density at radius 1 is 1.22 bits per heavy atom. The minimum atomic E-state index is -1.66. The summed E-state index contributed by atoms with van der Waals surface area (Å²) in [4.78, 5) is 12.7. The van der Waals surface area contributed by atoms with E-state index in [9.17, 15) is 15.0 Å². The van der Waals surface area contributed by atoms with Crippen molar-refractivity contribution in [3.63, 3.8) is 0 Å². The number of fused-ring (bicyclic) bond motifs is 1. The molecule has 0 aromatic carbocycles. The fourth-order valence-corrected chi connectivity index (χ4v) is 7.07. The van der Waals surface area contributed by atoms with Crippen molar-refractivity contribution < 1.29 is 24.5 Å². The molecular weight excluding hydrogens is 464 g/mol. The lowest BCUT2D eigenvalue weighted by atomic mass is 9.64. The van der Waals surface area contributed by atoms with Crippen LogP contribution in [0.15, 0.2) is 47.1 Å². The van der Waals surface area contributed by atoms with Gasteiger partial charge in [0.05, 0.1) is 6.10 Å². The molecule has 5 nitrogen and oxygen atoms in total. The first-order valence-electron chi connectivity index (χ1n) is 14.0. The molecule has 0 radical (unpaired) electrons.